The summed E-state index contributed by atoms with van der Waals surface area (Å²) in [5.41, 5.74) is 3.36. The van der Waals surface area contributed by atoms with Gasteiger partial charge in [0.05, 0.1) is 25.6 Å². The number of amides is 1. The Morgan fingerprint density at radius 1 is 1.11 bits per heavy atom. The second-order valence-corrected chi connectivity index (χ2v) is 9.81. The summed E-state index contributed by atoms with van der Waals surface area (Å²) in [6, 6.07) is 16.8. The van der Waals surface area contributed by atoms with Crippen LogP contribution in [0.1, 0.15) is 44.8 Å². The van der Waals surface area contributed by atoms with E-state index in [-0.39, 0.29) is 19.5 Å². The van der Waals surface area contributed by atoms with Crippen LogP contribution in [0, 0.1) is 0 Å². The molecule has 0 spiro atoms. The fourth-order valence-corrected chi connectivity index (χ4v) is 5.43. The van der Waals surface area contributed by atoms with E-state index in [1.807, 2.05) is 12.1 Å². The molecule has 1 saturated heterocycles. The number of nitrogens with zero attached hydrogens (tertiary/aromatic N) is 3. The first-order valence-electron chi connectivity index (χ1n) is 13.1. The van der Waals surface area contributed by atoms with Crippen LogP contribution in [-0.2, 0) is 17.6 Å². The number of anilines is 1. The average Bonchev–Trinajstić information content (AvgIpc) is 3.62. The summed E-state index contributed by atoms with van der Waals surface area (Å²) < 4.78 is 12.0. The lowest BCUT2D eigenvalue weighted by atomic mass is 10.0. The number of aromatic nitrogens is 2. The number of nitrogens with one attached hydrogen (secondary N) is 1. The van der Waals surface area contributed by atoms with E-state index >= 15 is 0 Å². The van der Waals surface area contributed by atoms with Crippen LogP contribution in [0.2, 0.25) is 0 Å². The number of piperazine rings is 1. The van der Waals surface area contributed by atoms with Gasteiger partial charge in [-0.2, -0.15) is 0 Å². The molecule has 1 saturated carbocycles. The Morgan fingerprint density at radius 2 is 1.94 bits per heavy atom. The summed E-state index contributed by atoms with van der Waals surface area (Å²) >= 11 is 0. The first-order chi connectivity index (χ1) is 17.7. The van der Waals surface area contributed by atoms with Crippen molar-refractivity contribution >= 4 is 11.6 Å². The minimum atomic E-state index is 0. The van der Waals surface area contributed by atoms with Crippen molar-refractivity contribution in [2.45, 2.75) is 57.1 Å². The standard InChI is InChI=1S/C29H36N4O3.H2/c1-35-27-13-12-24(18-28(27)36-26-9-5-6-10-26)32-15-16-33(29(34)14-11-23-19-30-21-31-23)25(20-32)17-22-7-3-2-4-8-22;/h2-4,7-8,12-13,18-19,21,25-26H,5-6,9-11,14-17,20H2,1H3,(H,30,31);1H/t25-;/m0./s1. The summed E-state index contributed by atoms with van der Waals surface area (Å²) in [5, 5.41) is 0. The number of benzene rings is 2. The third kappa shape index (κ3) is 5.83. The zero-order valence-electron chi connectivity index (χ0n) is 21.1. The maximum atomic E-state index is 13.3. The molecule has 2 heterocycles. The molecule has 36 heavy (non-hydrogen) atoms. The van der Waals surface area contributed by atoms with Crippen molar-refractivity contribution in [1.29, 1.82) is 0 Å². The molecule has 5 rings (SSSR count). The first-order valence-corrected chi connectivity index (χ1v) is 13.1. The summed E-state index contributed by atoms with van der Waals surface area (Å²) in [7, 11) is 1.69. The SMILES string of the molecule is COc1ccc(N2CCN(C(=O)CCc3cnc[nH]3)[C@@H](Cc3ccccc3)C2)cc1OC1CCCC1.[HH]. The Kier molecular flexibility index (Phi) is 7.74. The van der Waals surface area contributed by atoms with Crippen molar-refractivity contribution in [3.63, 3.8) is 0 Å². The summed E-state index contributed by atoms with van der Waals surface area (Å²) in [6.45, 7) is 2.26. The molecule has 7 nitrogen and oxygen atoms in total. The molecule has 2 aromatic carbocycles. The molecule has 192 valence electrons. The normalized spacial score (nSPS) is 18.4. The van der Waals surface area contributed by atoms with Crippen LogP contribution >= 0.6 is 0 Å². The van der Waals surface area contributed by atoms with Crippen LogP contribution < -0.4 is 14.4 Å². The number of hydrogen-bond donors (Lipinski definition) is 1. The number of aromatic amines is 1. The summed E-state index contributed by atoms with van der Waals surface area (Å²) in [4.78, 5) is 24.9. The third-order valence-electron chi connectivity index (χ3n) is 7.39. The van der Waals surface area contributed by atoms with Crippen molar-refractivity contribution < 1.29 is 15.7 Å². The van der Waals surface area contributed by atoms with Crippen LogP contribution in [0.3, 0.4) is 0 Å². The molecule has 1 N–H and O–H groups in total. The topological polar surface area (TPSA) is 70.7 Å². The molecule has 0 bridgehead atoms. The molecule has 2 fully saturated rings. The van der Waals surface area contributed by atoms with Gasteiger partial charge < -0.3 is 24.3 Å². The zero-order valence-corrected chi connectivity index (χ0v) is 21.1. The fourth-order valence-electron chi connectivity index (χ4n) is 5.43. The summed E-state index contributed by atoms with van der Waals surface area (Å²) in [5.74, 6) is 1.80. The van der Waals surface area contributed by atoms with Crippen LogP contribution in [0.4, 0.5) is 5.69 Å². The van der Waals surface area contributed by atoms with Crippen molar-refractivity contribution in [3.8, 4) is 11.5 Å². The van der Waals surface area contributed by atoms with Gasteiger partial charge in [-0.3, -0.25) is 4.79 Å². The lowest BCUT2D eigenvalue weighted by Gasteiger charge is -2.43. The number of methoxy groups -OCH3 is 1. The van der Waals surface area contributed by atoms with Crippen LogP contribution in [-0.4, -0.2) is 59.7 Å². The third-order valence-corrected chi connectivity index (χ3v) is 7.39. The number of ether oxygens (including phenoxy) is 2. The molecule has 0 radical (unpaired) electrons. The number of hydrogen-bond acceptors (Lipinski definition) is 5. The molecule has 1 aliphatic carbocycles. The Morgan fingerprint density at radius 3 is 2.69 bits per heavy atom. The molecule has 3 aromatic rings. The van der Waals surface area contributed by atoms with Crippen molar-refractivity contribution in [2.75, 3.05) is 31.6 Å². The second-order valence-electron chi connectivity index (χ2n) is 9.81. The van der Waals surface area contributed by atoms with Gasteiger partial charge in [0, 0.05) is 51.1 Å². The van der Waals surface area contributed by atoms with E-state index < -0.39 is 0 Å². The molecule has 1 aliphatic heterocycles. The number of imidazole rings is 1. The van der Waals surface area contributed by atoms with Crippen LogP contribution in [0.5, 0.6) is 11.5 Å². The van der Waals surface area contributed by atoms with E-state index in [9.17, 15) is 4.79 Å². The minimum Gasteiger partial charge on any atom is -0.493 e. The van der Waals surface area contributed by atoms with Gasteiger partial charge in [-0.1, -0.05) is 30.3 Å². The number of H-pyrrole nitrogens is 1. The monoisotopic (exact) mass is 490 g/mol. The first kappa shape index (κ1) is 24.2. The summed E-state index contributed by atoms with van der Waals surface area (Å²) in [6.07, 6.45) is 10.4. The van der Waals surface area contributed by atoms with Crippen LogP contribution in [0.25, 0.3) is 0 Å². The molecule has 7 heteroatoms. The van der Waals surface area contributed by atoms with Gasteiger partial charge in [0.2, 0.25) is 5.91 Å². The number of aryl methyl sites for hydroxylation is 1. The Balaban J connectivity index is 0.00000320. The highest BCUT2D eigenvalue weighted by Crippen LogP contribution is 2.36. The van der Waals surface area contributed by atoms with Crippen molar-refractivity contribution in [2.24, 2.45) is 0 Å². The highest BCUT2D eigenvalue weighted by atomic mass is 16.5. The molecule has 1 amide bonds. The molecular formula is C29H38N4O3. The molecule has 2 aliphatic rings. The smallest absolute Gasteiger partial charge is 0.223 e. The van der Waals surface area contributed by atoms with Gasteiger partial charge >= 0.3 is 0 Å². The quantitative estimate of drug-likeness (QED) is 0.463. The second kappa shape index (κ2) is 11.5. The Bertz CT molecular complexity index is 1120. The molecule has 0 unspecified atom stereocenters. The minimum absolute atomic E-state index is 0. The van der Waals surface area contributed by atoms with E-state index in [4.69, 9.17) is 9.47 Å². The molecule has 1 atom stereocenters. The fraction of sp³-hybridized carbons (Fsp3) is 0.448. The van der Waals surface area contributed by atoms with Crippen molar-refractivity contribution in [1.82, 2.24) is 14.9 Å². The highest BCUT2D eigenvalue weighted by Gasteiger charge is 2.31. The van der Waals surface area contributed by atoms with Crippen molar-refractivity contribution in [3.05, 3.63) is 72.3 Å². The molecule has 1 aromatic heterocycles. The predicted octanol–water partition coefficient (Wildman–Crippen LogP) is 4.88. The van der Waals surface area contributed by atoms with Gasteiger partial charge in [0.25, 0.3) is 0 Å². The largest absolute Gasteiger partial charge is 0.493 e. The van der Waals surface area contributed by atoms with Gasteiger partial charge in [0.15, 0.2) is 11.5 Å². The van der Waals surface area contributed by atoms with Gasteiger partial charge in [0.1, 0.15) is 0 Å². The van der Waals surface area contributed by atoms with E-state index in [0.29, 0.717) is 19.4 Å². The number of carbonyl (C=O) groups is 1. The van der Waals surface area contributed by atoms with E-state index in [2.05, 4.69) is 56.2 Å². The van der Waals surface area contributed by atoms with Gasteiger partial charge in [-0.05, 0) is 56.2 Å². The lowest BCUT2D eigenvalue weighted by Crippen LogP contribution is -2.56. The lowest BCUT2D eigenvalue weighted by molar-refractivity contribution is -0.133. The highest BCUT2D eigenvalue weighted by molar-refractivity contribution is 5.77. The maximum absolute atomic E-state index is 13.3. The number of rotatable bonds is 9. The Labute approximate surface area is 214 Å². The average molecular weight is 491 g/mol. The molecular weight excluding hydrogens is 452 g/mol. The van der Waals surface area contributed by atoms with Crippen LogP contribution in [0.15, 0.2) is 61.1 Å². The Hall–Kier alpha value is -3.48. The van der Waals surface area contributed by atoms with Gasteiger partial charge in [-0.15, -0.1) is 0 Å². The maximum Gasteiger partial charge on any atom is 0.223 e. The van der Waals surface area contributed by atoms with E-state index in [1.165, 1.54) is 18.4 Å². The predicted molar refractivity (Wildman–Crippen MR) is 143 cm³/mol. The zero-order chi connectivity index (χ0) is 24.7. The number of carbonyl (C=O) groups excluding carboxylic acids is 1. The van der Waals surface area contributed by atoms with E-state index in [0.717, 1.165) is 55.2 Å². The van der Waals surface area contributed by atoms with Gasteiger partial charge in [-0.25, -0.2) is 4.98 Å². The van der Waals surface area contributed by atoms with E-state index in [1.54, 1.807) is 19.6 Å².